The predicted octanol–water partition coefficient (Wildman–Crippen LogP) is 2.62. The molecule has 1 unspecified atom stereocenters. The molecule has 0 aromatic heterocycles. The highest BCUT2D eigenvalue weighted by Gasteiger charge is 2.57. The highest BCUT2D eigenvalue weighted by molar-refractivity contribution is 9.10. The number of carbonyl (C=O) groups excluding carboxylic acids is 2. The summed E-state index contributed by atoms with van der Waals surface area (Å²) in [6.45, 7) is 3.95. The minimum atomic E-state index is -0.191. The number of hydrogen-bond donors (Lipinski definition) is 3. The molecule has 24 heavy (non-hydrogen) atoms. The van der Waals surface area contributed by atoms with Gasteiger partial charge in [-0.05, 0) is 68.5 Å². The van der Waals surface area contributed by atoms with Crippen LogP contribution in [0.3, 0.4) is 0 Å². The maximum absolute atomic E-state index is 12.2. The lowest BCUT2D eigenvalue weighted by molar-refractivity contribution is -0.125. The van der Waals surface area contributed by atoms with E-state index in [0.717, 1.165) is 48.1 Å². The quantitative estimate of drug-likeness (QED) is 0.706. The Hall–Kier alpha value is -1.11. The smallest absolute Gasteiger partial charge is 0.243 e. The second-order valence-corrected chi connectivity index (χ2v) is 7.51. The Labute approximate surface area is 156 Å². The Bertz CT molecular complexity index is 632. The second-order valence-electron chi connectivity index (χ2n) is 6.59. The summed E-state index contributed by atoms with van der Waals surface area (Å²) in [7, 11) is 0. The van der Waals surface area contributed by atoms with E-state index in [1.807, 2.05) is 25.1 Å². The highest BCUT2D eigenvalue weighted by Crippen LogP contribution is 2.58. The van der Waals surface area contributed by atoms with E-state index in [1.165, 1.54) is 0 Å². The SMILES string of the molecule is Cc1cc(Br)ccc1NC(=O)CNC(=O)C1CC12CCNCC2.Cl. The molecular formula is C17H23BrClN3O2. The minimum absolute atomic E-state index is 0. The van der Waals surface area contributed by atoms with Crippen molar-refractivity contribution in [3.05, 3.63) is 28.2 Å². The zero-order chi connectivity index (χ0) is 16.4. The Morgan fingerprint density at radius 2 is 2.04 bits per heavy atom. The van der Waals surface area contributed by atoms with E-state index in [2.05, 4.69) is 31.9 Å². The third-order valence-corrected chi connectivity index (χ3v) is 5.48. The fourth-order valence-corrected chi connectivity index (χ4v) is 3.92. The van der Waals surface area contributed by atoms with Gasteiger partial charge in [0.2, 0.25) is 11.8 Å². The van der Waals surface area contributed by atoms with Gasteiger partial charge < -0.3 is 16.0 Å². The number of halogens is 2. The minimum Gasteiger partial charge on any atom is -0.347 e. The molecule has 3 rings (SSSR count). The van der Waals surface area contributed by atoms with E-state index < -0.39 is 0 Å². The van der Waals surface area contributed by atoms with Gasteiger partial charge in [0, 0.05) is 16.1 Å². The molecule has 3 N–H and O–H groups in total. The molecule has 1 heterocycles. The standard InChI is InChI=1S/C17H22BrN3O2.ClH/c1-11-8-12(18)2-3-14(11)21-15(22)10-20-16(23)13-9-17(13)4-6-19-7-5-17;/h2-3,8,13,19H,4-7,9-10H2,1H3,(H,20,23)(H,21,22);1H. The Morgan fingerprint density at radius 1 is 1.33 bits per heavy atom. The number of amides is 2. The summed E-state index contributed by atoms with van der Waals surface area (Å²) in [5, 5.41) is 8.95. The first kappa shape index (κ1) is 19.2. The third-order valence-electron chi connectivity index (χ3n) is 4.99. The van der Waals surface area contributed by atoms with Crippen molar-refractivity contribution in [1.29, 1.82) is 0 Å². The molecule has 1 aliphatic heterocycles. The van der Waals surface area contributed by atoms with Gasteiger partial charge in [-0.1, -0.05) is 15.9 Å². The van der Waals surface area contributed by atoms with Gasteiger partial charge in [-0.15, -0.1) is 12.4 Å². The van der Waals surface area contributed by atoms with Crippen LogP contribution in [0.4, 0.5) is 5.69 Å². The molecule has 1 aromatic carbocycles. The van der Waals surface area contributed by atoms with Crippen LogP contribution < -0.4 is 16.0 Å². The summed E-state index contributed by atoms with van der Waals surface area (Å²) in [5.74, 6) is -0.0785. The summed E-state index contributed by atoms with van der Waals surface area (Å²) in [4.78, 5) is 24.2. The summed E-state index contributed by atoms with van der Waals surface area (Å²) in [6.07, 6.45) is 3.10. The van der Waals surface area contributed by atoms with Crippen molar-refractivity contribution < 1.29 is 9.59 Å². The molecule has 1 saturated carbocycles. The average Bonchev–Trinajstić information content (AvgIpc) is 3.22. The van der Waals surface area contributed by atoms with Crippen LogP contribution in [0.2, 0.25) is 0 Å². The monoisotopic (exact) mass is 415 g/mol. The van der Waals surface area contributed by atoms with Crippen molar-refractivity contribution in [2.24, 2.45) is 11.3 Å². The van der Waals surface area contributed by atoms with Crippen molar-refractivity contribution in [3.8, 4) is 0 Å². The van der Waals surface area contributed by atoms with Crippen LogP contribution >= 0.6 is 28.3 Å². The van der Waals surface area contributed by atoms with Crippen molar-refractivity contribution in [1.82, 2.24) is 10.6 Å². The summed E-state index contributed by atoms with van der Waals surface area (Å²) >= 11 is 3.40. The van der Waals surface area contributed by atoms with Crippen LogP contribution in [0.25, 0.3) is 0 Å². The Kier molecular flexibility index (Phi) is 6.28. The fourth-order valence-electron chi connectivity index (χ4n) is 3.45. The molecule has 1 saturated heterocycles. The molecule has 132 valence electrons. The van der Waals surface area contributed by atoms with E-state index in [9.17, 15) is 9.59 Å². The largest absolute Gasteiger partial charge is 0.347 e. The van der Waals surface area contributed by atoms with Crippen LogP contribution in [0.15, 0.2) is 22.7 Å². The molecule has 2 fully saturated rings. The van der Waals surface area contributed by atoms with E-state index in [0.29, 0.717) is 0 Å². The maximum atomic E-state index is 12.2. The number of carbonyl (C=O) groups is 2. The van der Waals surface area contributed by atoms with Gasteiger partial charge in [-0.25, -0.2) is 0 Å². The number of aryl methyl sites for hydroxylation is 1. The topological polar surface area (TPSA) is 70.2 Å². The van der Waals surface area contributed by atoms with Crippen molar-refractivity contribution in [2.75, 3.05) is 25.0 Å². The first-order chi connectivity index (χ1) is 11.0. The van der Waals surface area contributed by atoms with Crippen LogP contribution in [0, 0.1) is 18.3 Å². The number of anilines is 1. The molecule has 7 heteroatoms. The predicted molar refractivity (Wildman–Crippen MR) is 100 cm³/mol. The van der Waals surface area contributed by atoms with Gasteiger partial charge in [0.25, 0.3) is 0 Å². The number of benzene rings is 1. The van der Waals surface area contributed by atoms with Gasteiger partial charge >= 0.3 is 0 Å². The lowest BCUT2D eigenvalue weighted by Gasteiger charge is -2.23. The average molecular weight is 417 g/mol. The number of rotatable bonds is 4. The van der Waals surface area contributed by atoms with E-state index >= 15 is 0 Å². The zero-order valence-corrected chi connectivity index (χ0v) is 16.1. The lowest BCUT2D eigenvalue weighted by Crippen LogP contribution is -2.37. The normalized spacial score (nSPS) is 20.8. The summed E-state index contributed by atoms with van der Waals surface area (Å²) < 4.78 is 0.974. The van der Waals surface area contributed by atoms with Gasteiger partial charge in [0.1, 0.15) is 0 Å². The van der Waals surface area contributed by atoms with Crippen molar-refractivity contribution in [3.63, 3.8) is 0 Å². The molecule has 2 amide bonds. The van der Waals surface area contributed by atoms with Crippen molar-refractivity contribution >= 4 is 45.8 Å². The van der Waals surface area contributed by atoms with Crippen molar-refractivity contribution in [2.45, 2.75) is 26.2 Å². The van der Waals surface area contributed by atoms with Gasteiger partial charge in [-0.2, -0.15) is 0 Å². The van der Waals surface area contributed by atoms with Gasteiger partial charge in [0.15, 0.2) is 0 Å². The first-order valence-corrected chi connectivity index (χ1v) is 8.84. The third kappa shape index (κ3) is 4.29. The van der Waals surface area contributed by atoms with Gasteiger partial charge in [0.05, 0.1) is 6.54 Å². The molecule has 1 aromatic rings. The summed E-state index contributed by atoms with van der Waals surface area (Å²) in [6, 6.07) is 5.68. The Balaban J connectivity index is 0.00000208. The fraction of sp³-hybridized carbons (Fsp3) is 0.529. The molecule has 2 aliphatic rings. The van der Waals surface area contributed by atoms with Crippen LogP contribution in [0.1, 0.15) is 24.8 Å². The van der Waals surface area contributed by atoms with Gasteiger partial charge in [-0.3, -0.25) is 9.59 Å². The van der Waals surface area contributed by atoms with Crippen LogP contribution in [0.5, 0.6) is 0 Å². The molecule has 1 spiro atoms. The second kappa shape index (κ2) is 7.85. The summed E-state index contributed by atoms with van der Waals surface area (Å²) in [5.41, 5.74) is 1.96. The maximum Gasteiger partial charge on any atom is 0.243 e. The van der Waals surface area contributed by atoms with Crippen LogP contribution in [-0.4, -0.2) is 31.4 Å². The number of hydrogen-bond acceptors (Lipinski definition) is 3. The number of piperidine rings is 1. The first-order valence-electron chi connectivity index (χ1n) is 8.05. The van der Waals surface area contributed by atoms with E-state index in [4.69, 9.17) is 0 Å². The van der Waals surface area contributed by atoms with E-state index in [-0.39, 0.29) is 42.1 Å². The highest BCUT2D eigenvalue weighted by atomic mass is 79.9. The molecule has 0 radical (unpaired) electrons. The molecule has 1 aliphatic carbocycles. The molecule has 5 nitrogen and oxygen atoms in total. The Morgan fingerprint density at radius 3 is 2.71 bits per heavy atom. The lowest BCUT2D eigenvalue weighted by atomic mass is 9.92. The molecule has 1 atom stereocenters. The molecule has 0 bridgehead atoms. The number of nitrogens with one attached hydrogen (secondary N) is 3. The van der Waals surface area contributed by atoms with Crippen LogP contribution in [-0.2, 0) is 9.59 Å². The molecular weight excluding hydrogens is 394 g/mol. The zero-order valence-electron chi connectivity index (χ0n) is 13.7. The van der Waals surface area contributed by atoms with E-state index in [1.54, 1.807) is 0 Å².